The van der Waals surface area contributed by atoms with Crippen LogP contribution in [0.4, 0.5) is 0 Å². The van der Waals surface area contributed by atoms with Gasteiger partial charge in [0.05, 0.1) is 13.3 Å². The zero-order chi connectivity index (χ0) is 29.1. The predicted molar refractivity (Wildman–Crippen MR) is 165 cm³/mol. The highest BCUT2D eigenvalue weighted by Crippen LogP contribution is 2.19. The van der Waals surface area contributed by atoms with E-state index < -0.39 is 0 Å². The van der Waals surface area contributed by atoms with E-state index in [1.54, 1.807) is 17.9 Å². The molecular weight excluding hydrogens is 548 g/mol. The largest absolute Gasteiger partial charge is 0.497 e. The van der Waals surface area contributed by atoms with E-state index in [2.05, 4.69) is 63.6 Å². The molecule has 2 N–H and O–H groups in total. The summed E-state index contributed by atoms with van der Waals surface area (Å²) in [6, 6.07) is 24.0. The van der Waals surface area contributed by atoms with E-state index in [9.17, 15) is 4.79 Å². The lowest BCUT2D eigenvalue weighted by molar-refractivity contribution is 0.415. The van der Waals surface area contributed by atoms with E-state index in [4.69, 9.17) is 22.1 Å². The first kappa shape index (κ1) is 27.2. The molecule has 6 rings (SSSR count). The van der Waals surface area contributed by atoms with Crippen molar-refractivity contribution in [3.05, 3.63) is 128 Å². The average Bonchev–Trinajstić information content (AvgIpc) is 3.67. The minimum atomic E-state index is -0.212. The van der Waals surface area contributed by atoms with Crippen LogP contribution in [0.3, 0.4) is 0 Å². The van der Waals surface area contributed by atoms with Crippen LogP contribution in [0, 0.1) is 11.7 Å². The van der Waals surface area contributed by atoms with Crippen LogP contribution < -0.4 is 10.4 Å². The molecule has 3 heterocycles. The molecule has 0 fully saturated rings. The van der Waals surface area contributed by atoms with Gasteiger partial charge in [0.2, 0.25) is 4.77 Å². The number of ether oxygens (including phenoxy) is 1. The summed E-state index contributed by atoms with van der Waals surface area (Å²) in [5, 5.41) is 17.6. The smallest absolute Gasteiger partial charge is 0.346 e. The molecule has 0 unspecified atom stereocenters. The molecule has 0 bridgehead atoms. The molecule has 212 valence electrons. The van der Waals surface area contributed by atoms with Crippen LogP contribution in [0.15, 0.2) is 88.9 Å². The van der Waals surface area contributed by atoms with Crippen LogP contribution in [0.25, 0.3) is 10.9 Å². The third-order valence-electron chi connectivity index (χ3n) is 7.21. The molecule has 0 aliphatic heterocycles. The Labute approximate surface area is 246 Å². The van der Waals surface area contributed by atoms with Gasteiger partial charge in [-0.2, -0.15) is 20.0 Å². The lowest BCUT2D eigenvalue weighted by atomic mass is 10.1. The number of nitrogens with zero attached hydrogens (tertiary/aromatic N) is 6. The lowest BCUT2D eigenvalue weighted by Crippen LogP contribution is -2.27. The Balaban J connectivity index is 1.30. The first-order valence-corrected chi connectivity index (χ1v) is 14.0. The molecule has 0 saturated carbocycles. The van der Waals surface area contributed by atoms with Crippen molar-refractivity contribution in [2.45, 2.75) is 32.9 Å². The molecule has 3 aromatic heterocycles. The number of H-pyrrole nitrogens is 2. The molecule has 0 spiro atoms. The molecule has 10 nitrogen and oxygen atoms in total. The fourth-order valence-electron chi connectivity index (χ4n) is 4.90. The highest BCUT2D eigenvalue weighted by Gasteiger charge is 2.17. The zero-order valence-electron chi connectivity index (χ0n) is 23.3. The van der Waals surface area contributed by atoms with Crippen molar-refractivity contribution < 1.29 is 4.74 Å². The molecule has 0 radical (unpaired) electrons. The lowest BCUT2D eigenvalue weighted by Gasteiger charge is -2.06. The summed E-state index contributed by atoms with van der Waals surface area (Å²) in [6.07, 6.45) is 4.90. The van der Waals surface area contributed by atoms with E-state index in [-0.39, 0.29) is 12.2 Å². The van der Waals surface area contributed by atoms with Gasteiger partial charge in [0.1, 0.15) is 18.1 Å². The maximum atomic E-state index is 13.8. The zero-order valence-corrected chi connectivity index (χ0v) is 24.1. The van der Waals surface area contributed by atoms with Crippen LogP contribution in [-0.2, 0) is 25.9 Å². The monoisotopic (exact) mass is 578 g/mol. The number of aryl methyl sites for hydroxylation is 2. The van der Waals surface area contributed by atoms with Crippen molar-refractivity contribution in [1.82, 2.24) is 34.2 Å². The number of hydrogen-bond acceptors (Lipinski definition) is 6. The van der Waals surface area contributed by atoms with Crippen molar-refractivity contribution in [2.75, 3.05) is 7.11 Å². The number of methoxy groups -OCH3 is 1. The maximum absolute atomic E-state index is 13.8. The van der Waals surface area contributed by atoms with Gasteiger partial charge in [-0.05, 0) is 72.6 Å². The normalized spacial score (nSPS) is 11.6. The van der Waals surface area contributed by atoms with Crippen LogP contribution >= 0.6 is 12.2 Å². The number of hydrogen-bond donors (Lipinski definition) is 2. The predicted octanol–water partition coefficient (Wildman–Crippen LogP) is 4.86. The van der Waals surface area contributed by atoms with Gasteiger partial charge in [-0.1, -0.05) is 48.0 Å². The van der Waals surface area contributed by atoms with Crippen molar-refractivity contribution in [3.8, 4) is 5.75 Å². The second-order valence-electron chi connectivity index (χ2n) is 10.1. The second kappa shape index (κ2) is 11.8. The van der Waals surface area contributed by atoms with E-state index in [1.807, 2.05) is 42.6 Å². The van der Waals surface area contributed by atoms with Gasteiger partial charge >= 0.3 is 5.69 Å². The maximum Gasteiger partial charge on any atom is 0.346 e. The van der Waals surface area contributed by atoms with E-state index >= 15 is 0 Å². The van der Waals surface area contributed by atoms with E-state index in [0.717, 1.165) is 33.3 Å². The first-order chi connectivity index (χ1) is 20.5. The molecular formula is C31H30N8O2S. The molecule has 6 aromatic rings. The fourth-order valence-corrected chi connectivity index (χ4v) is 5.10. The van der Waals surface area contributed by atoms with Gasteiger partial charge in [-0.3, -0.25) is 9.67 Å². The Morgan fingerprint density at radius 1 is 1.02 bits per heavy atom. The minimum Gasteiger partial charge on any atom is -0.497 e. The van der Waals surface area contributed by atoms with Crippen molar-refractivity contribution in [3.63, 3.8) is 0 Å². The molecule has 0 aliphatic carbocycles. The quantitative estimate of drug-likeness (QED) is 0.178. The molecule has 0 aliphatic rings. The Morgan fingerprint density at radius 3 is 2.60 bits per heavy atom. The highest BCUT2D eigenvalue weighted by molar-refractivity contribution is 7.71. The molecule has 11 heteroatoms. The molecule has 0 atom stereocenters. The number of aromatic nitrogens is 7. The average molecular weight is 579 g/mol. The summed E-state index contributed by atoms with van der Waals surface area (Å²) < 4.78 is 10.2. The third-order valence-corrected chi connectivity index (χ3v) is 7.47. The van der Waals surface area contributed by atoms with Gasteiger partial charge in [-0.25, -0.2) is 9.48 Å². The van der Waals surface area contributed by atoms with Crippen molar-refractivity contribution >= 4 is 29.3 Å². The topological polar surface area (TPSA) is 111 Å². The Kier molecular flexibility index (Phi) is 7.65. The Morgan fingerprint density at radius 2 is 1.81 bits per heavy atom. The van der Waals surface area contributed by atoms with Gasteiger partial charge in [-0.15, -0.1) is 0 Å². The highest BCUT2D eigenvalue weighted by atomic mass is 32.1. The molecule has 0 saturated heterocycles. The van der Waals surface area contributed by atoms with Crippen LogP contribution in [0.2, 0.25) is 0 Å². The van der Waals surface area contributed by atoms with Gasteiger partial charge in [0.25, 0.3) is 0 Å². The van der Waals surface area contributed by atoms with Crippen molar-refractivity contribution in [2.24, 2.45) is 5.10 Å². The number of fused-ring (bicyclic) bond motifs is 1. The SMILES string of the molecule is COc1ccc(/C=N/n2c(Cn3nc(Cc4ccc(C)cc4)n(CCc4c[nH]c5ccccc45)c3=O)n[nH]c2=S)cc1. The third kappa shape index (κ3) is 5.72. The molecule has 42 heavy (non-hydrogen) atoms. The first-order valence-electron chi connectivity index (χ1n) is 13.6. The van der Waals surface area contributed by atoms with E-state index in [0.29, 0.717) is 35.8 Å². The van der Waals surface area contributed by atoms with Gasteiger partial charge in [0, 0.05) is 30.1 Å². The van der Waals surface area contributed by atoms with Crippen LogP contribution in [0.1, 0.15) is 33.9 Å². The Bertz CT molecular complexity index is 1970. The summed E-state index contributed by atoms with van der Waals surface area (Å²) in [4.78, 5) is 17.1. The number of nitrogens with one attached hydrogen (secondary N) is 2. The van der Waals surface area contributed by atoms with Crippen molar-refractivity contribution in [1.29, 1.82) is 0 Å². The standard InChI is InChI=1S/C31H30N8O2S/c1-21-7-9-22(10-8-21)17-28-36-38(31(40)37(28)16-15-24-19-32-27-6-4-3-5-26(24)27)20-29-34-35-30(42)39(29)33-18-23-11-13-25(41-2)14-12-23/h3-14,18-19,32H,15-17,20H2,1-2H3,(H,35,42)/b33-18+. The molecule has 3 aromatic carbocycles. The summed E-state index contributed by atoms with van der Waals surface area (Å²) in [5.74, 6) is 1.91. The summed E-state index contributed by atoms with van der Waals surface area (Å²) >= 11 is 5.43. The number of para-hydroxylation sites is 1. The number of benzene rings is 3. The Hall–Kier alpha value is -5.03. The number of aromatic amines is 2. The summed E-state index contributed by atoms with van der Waals surface area (Å²) in [6.45, 7) is 2.65. The fraction of sp³-hybridized carbons (Fsp3) is 0.194. The van der Waals surface area contributed by atoms with Gasteiger partial charge in [0.15, 0.2) is 5.82 Å². The van der Waals surface area contributed by atoms with E-state index in [1.165, 1.54) is 14.9 Å². The van der Waals surface area contributed by atoms with Crippen LogP contribution in [-0.4, -0.2) is 47.5 Å². The minimum absolute atomic E-state index is 0.104. The molecule has 0 amide bonds. The number of rotatable bonds is 10. The summed E-state index contributed by atoms with van der Waals surface area (Å²) in [7, 11) is 1.62. The van der Waals surface area contributed by atoms with Gasteiger partial charge < -0.3 is 9.72 Å². The second-order valence-corrected chi connectivity index (χ2v) is 10.4. The summed E-state index contributed by atoms with van der Waals surface area (Å²) in [5.41, 5.74) is 5.14. The van der Waals surface area contributed by atoms with Crippen LogP contribution in [0.5, 0.6) is 5.75 Å².